The van der Waals surface area contributed by atoms with E-state index in [1.165, 1.54) is 23.6 Å². The summed E-state index contributed by atoms with van der Waals surface area (Å²) in [4.78, 5) is 12.7. The molecule has 1 aliphatic carbocycles. The van der Waals surface area contributed by atoms with Crippen LogP contribution in [0.25, 0.3) is 0 Å². The quantitative estimate of drug-likeness (QED) is 0.765. The molecule has 2 aromatic carbocycles. The van der Waals surface area contributed by atoms with E-state index in [-0.39, 0.29) is 18.5 Å². The first-order valence-electron chi connectivity index (χ1n) is 9.95. The summed E-state index contributed by atoms with van der Waals surface area (Å²) in [6.07, 6.45) is 5.69. The minimum absolute atomic E-state index is 0.0531. The third-order valence-corrected chi connectivity index (χ3v) is 7.18. The number of sulfonamides is 1. The topological polar surface area (TPSA) is 66.5 Å². The van der Waals surface area contributed by atoms with E-state index in [9.17, 15) is 13.2 Å². The van der Waals surface area contributed by atoms with Crippen LogP contribution in [0, 0.1) is 0 Å². The maximum absolute atomic E-state index is 12.8. The van der Waals surface area contributed by atoms with Crippen LogP contribution in [0.1, 0.15) is 54.9 Å². The molecule has 3 rings (SSSR count). The van der Waals surface area contributed by atoms with Crippen molar-refractivity contribution in [1.29, 1.82) is 0 Å². The monoisotopic (exact) mass is 400 g/mol. The van der Waals surface area contributed by atoms with Crippen LogP contribution in [0.5, 0.6) is 0 Å². The standard InChI is InChI=1S/C22H28N2O3S/c1-2-24(28(26,27)21-11-7-4-8-12-21)17-18-13-15-19(16-14-18)22(25)23-20-9-5-3-6-10-20/h4,7-8,11-16,20H,2-3,5-6,9-10,17H2,1H3,(H,23,25). The molecule has 1 N–H and O–H groups in total. The Kier molecular flexibility index (Phi) is 6.86. The predicted octanol–water partition coefficient (Wildman–Crippen LogP) is 3.96. The third kappa shape index (κ3) is 5.00. The van der Waals surface area contributed by atoms with E-state index in [2.05, 4.69) is 5.32 Å². The van der Waals surface area contributed by atoms with Gasteiger partial charge in [-0.3, -0.25) is 4.79 Å². The fourth-order valence-corrected chi connectivity index (χ4v) is 5.05. The minimum Gasteiger partial charge on any atom is -0.349 e. The van der Waals surface area contributed by atoms with E-state index in [0.29, 0.717) is 17.0 Å². The average molecular weight is 401 g/mol. The van der Waals surface area contributed by atoms with Crippen LogP contribution < -0.4 is 5.32 Å². The van der Waals surface area contributed by atoms with E-state index in [0.717, 1.165) is 18.4 Å². The molecule has 1 saturated carbocycles. The van der Waals surface area contributed by atoms with Gasteiger partial charge in [-0.05, 0) is 42.7 Å². The number of benzene rings is 2. The molecule has 0 bridgehead atoms. The summed E-state index contributed by atoms with van der Waals surface area (Å²) in [7, 11) is -3.54. The highest BCUT2D eigenvalue weighted by Crippen LogP contribution is 2.20. The summed E-state index contributed by atoms with van der Waals surface area (Å²) in [5.41, 5.74) is 1.47. The van der Waals surface area contributed by atoms with E-state index in [4.69, 9.17) is 0 Å². The Balaban J connectivity index is 1.66. The lowest BCUT2D eigenvalue weighted by molar-refractivity contribution is 0.0927. The third-order valence-electron chi connectivity index (χ3n) is 5.25. The molecule has 0 unspecified atom stereocenters. The Morgan fingerprint density at radius 3 is 2.25 bits per heavy atom. The first-order valence-corrected chi connectivity index (χ1v) is 11.4. The van der Waals surface area contributed by atoms with Gasteiger partial charge in [-0.25, -0.2) is 8.42 Å². The van der Waals surface area contributed by atoms with Crippen molar-refractivity contribution in [3.63, 3.8) is 0 Å². The Bertz CT molecular complexity index is 874. The van der Waals surface area contributed by atoms with Crippen LogP contribution >= 0.6 is 0 Å². The van der Waals surface area contributed by atoms with Gasteiger partial charge in [-0.15, -0.1) is 0 Å². The van der Waals surface area contributed by atoms with E-state index in [1.54, 1.807) is 42.5 Å². The van der Waals surface area contributed by atoms with Crippen LogP contribution in [0.2, 0.25) is 0 Å². The highest BCUT2D eigenvalue weighted by Gasteiger charge is 2.23. The van der Waals surface area contributed by atoms with Crippen LogP contribution in [-0.2, 0) is 16.6 Å². The van der Waals surface area contributed by atoms with Crippen molar-refractivity contribution in [2.24, 2.45) is 0 Å². The zero-order valence-corrected chi connectivity index (χ0v) is 17.1. The summed E-state index contributed by atoms with van der Waals surface area (Å²) in [5, 5.41) is 3.11. The largest absolute Gasteiger partial charge is 0.349 e. The van der Waals surface area contributed by atoms with Crippen LogP contribution in [-0.4, -0.2) is 31.2 Å². The molecular formula is C22H28N2O3S. The molecule has 0 saturated heterocycles. The number of hydrogen-bond donors (Lipinski definition) is 1. The van der Waals surface area contributed by atoms with Gasteiger partial charge in [0, 0.05) is 24.7 Å². The van der Waals surface area contributed by atoms with Gasteiger partial charge in [0.1, 0.15) is 0 Å². The molecule has 2 aromatic rings. The van der Waals surface area contributed by atoms with E-state index < -0.39 is 10.0 Å². The Hall–Kier alpha value is -2.18. The lowest BCUT2D eigenvalue weighted by atomic mass is 9.95. The fourth-order valence-electron chi connectivity index (χ4n) is 3.59. The second-order valence-electron chi connectivity index (χ2n) is 7.25. The summed E-state index contributed by atoms with van der Waals surface area (Å²) >= 11 is 0. The zero-order chi connectivity index (χ0) is 20.0. The average Bonchev–Trinajstić information content (AvgIpc) is 2.73. The summed E-state index contributed by atoms with van der Waals surface area (Å²) in [6, 6.07) is 15.9. The molecule has 28 heavy (non-hydrogen) atoms. The second kappa shape index (κ2) is 9.34. The van der Waals surface area contributed by atoms with Gasteiger partial charge in [0.05, 0.1) is 4.90 Å². The molecule has 0 radical (unpaired) electrons. The molecule has 150 valence electrons. The highest BCUT2D eigenvalue weighted by atomic mass is 32.2. The molecule has 0 atom stereocenters. The molecule has 6 heteroatoms. The van der Waals surface area contributed by atoms with Gasteiger partial charge < -0.3 is 5.32 Å². The van der Waals surface area contributed by atoms with Gasteiger partial charge in [0.15, 0.2) is 0 Å². The minimum atomic E-state index is -3.54. The normalized spacial score (nSPS) is 15.5. The van der Waals surface area contributed by atoms with Gasteiger partial charge in [-0.1, -0.05) is 56.5 Å². The predicted molar refractivity (Wildman–Crippen MR) is 110 cm³/mol. The van der Waals surface area contributed by atoms with Gasteiger partial charge in [0.2, 0.25) is 10.0 Å². The summed E-state index contributed by atoms with van der Waals surface area (Å²) in [6.45, 7) is 2.48. The molecule has 1 amide bonds. The lowest BCUT2D eigenvalue weighted by Gasteiger charge is -2.23. The zero-order valence-electron chi connectivity index (χ0n) is 16.3. The van der Waals surface area contributed by atoms with Crippen LogP contribution in [0.4, 0.5) is 0 Å². The van der Waals surface area contributed by atoms with Gasteiger partial charge >= 0.3 is 0 Å². The van der Waals surface area contributed by atoms with Crippen molar-refractivity contribution in [2.45, 2.75) is 56.5 Å². The summed E-state index contributed by atoms with van der Waals surface area (Å²) in [5.74, 6) is -0.0531. The highest BCUT2D eigenvalue weighted by molar-refractivity contribution is 7.89. The van der Waals surface area contributed by atoms with E-state index in [1.807, 2.05) is 19.1 Å². The molecule has 0 aliphatic heterocycles. The lowest BCUT2D eigenvalue weighted by Crippen LogP contribution is -2.36. The van der Waals surface area contributed by atoms with Crippen molar-refractivity contribution in [2.75, 3.05) is 6.54 Å². The van der Waals surface area contributed by atoms with Crippen molar-refractivity contribution >= 4 is 15.9 Å². The fraction of sp³-hybridized carbons (Fsp3) is 0.409. The SMILES string of the molecule is CCN(Cc1ccc(C(=O)NC2CCCCC2)cc1)S(=O)(=O)c1ccccc1. The molecule has 0 heterocycles. The van der Waals surface area contributed by atoms with Crippen LogP contribution in [0.3, 0.4) is 0 Å². The van der Waals surface area contributed by atoms with E-state index >= 15 is 0 Å². The van der Waals surface area contributed by atoms with Crippen molar-refractivity contribution in [3.8, 4) is 0 Å². The molecule has 0 aromatic heterocycles. The first-order chi connectivity index (χ1) is 13.5. The smallest absolute Gasteiger partial charge is 0.251 e. The number of carbonyl (C=O) groups is 1. The number of amides is 1. The first kappa shape index (κ1) is 20.6. The van der Waals surface area contributed by atoms with Crippen LogP contribution in [0.15, 0.2) is 59.5 Å². The summed E-state index contributed by atoms with van der Waals surface area (Å²) < 4.78 is 27.1. The van der Waals surface area contributed by atoms with Crippen molar-refractivity contribution < 1.29 is 13.2 Å². The number of nitrogens with zero attached hydrogens (tertiary/aromatic N) is 1. The Labute approximate surface area is 167 Å². The molecule has 5 nitrogen and oxygen atoms in total. The number of rotatable bonds is 7. The van der Waals surface area contributed by atoms with Gasteiger partial charge in [-0.2, -0.15) is 4.31 Å². The van der Waals surface area contributed by atoms with Crippen molar-refractivity contribution in [3.05, 3.63) is 65.7 Å². The Morgan fingerprint density at radius 2 is 1.64 bits per heavy atom. The van der Waals surface area contributed by atoms with Crippen molar-refractivity contribution in [1.82, 2.24) is 9.62 Å². The molecule has 0 spiro atoms. The molecule has 1 aliphatic rings. The number of carbonyl (C=O) groups excluding carboxylic acids is 1. The number of nitrogens with one attached hydrogen (secondary N) is 1. The maximum atomic E-state index is 12.8. The van der Waals surface area contributed by atoms with Gasteiger partial charge in [0.25, 0.3) is 5.91 Å². The molecule has 1 fully saturated rings. The second-order valence-corrected chi connectivity index (χ2v) is 9.19. The molecular weight excluding hydrogens is 372 g/mol. The number of hydrogen-bond acceptors (Lipinski definition) is 3. The maximum Gasteiger partial charge on any atom is 0.251 e. The Morgan fingerprint density at radius 1 is 1.00 bits per heavy atom.